The summed E-state index contributed by atoms with van der Waals surface area (Å²) >= 11 is 1.48. The number of benzene rings is 2. The van der Waals surface area contributed by atoms with E-state index in [1.165, 1.54) is 34.8 Å². The Labute approximate surface area is 231 Å². The van der Waals surface area contributed by atoms with Gasteiger partial charge in [-0.3, -0.25) is 9.79 Å². The first-order valence-corrected chi connectivity index (χ1v) is 14.7. The fourth-order valence-electron chi connectivity index (χ4n) is 3.89. The van der Waals surface area contributed by atoms with Crippen LogP contribution in [0.4, 0.5) is 11.4 Å². The summed E-state index contributed by atoms with van der Waals surface area (Å²) in [7, 11) is -0.566. The number of likely N-dealkylation sites (N-methyl/N-ethyl adjacent to an activating group) is 1. The Morgan fingerprint density at radius 2 is 1.67 bits per heavy atom. The van der Waals surface area contributed by atoms with Gasteiger partial charge in [0.1, 0.15) is 5.92 Å². The molecule has 0 spiro atoms. The van der Waals surface area contributed by atoms with Crippen molar-refractivity contribution in [2.45, 2.75) is 10.8 Å². The van der Waals surface area contributed by atoms with Crippen LogP contribution in [0.1, 0.15) is 11.5 Å². The molecule has 0 fully saturated rings. The van der Waals surface area contributed by atoms with Crippen LogP contribution in [0.3, 0.4) is 0 Å². The third-order valence-electron chi connectivity index (χ3n) is 6.03. The molecule has 11 nitrogen and oxygen atoms in total. The molecule has 1 unspecified atom stereocenters. The molecule has 210 valence electrons. The maximum Gasteiger partial charge on any atom is 0.242 e. The second-order valence-corrected chi connectivity index (χ2v) is 11.5. The number of nitrogens with one attached hydrogen (secondary N) is 1. The number of aromatic nitrogens is 1. The number of ether oxygens (including phenoxy) is 4. The van der Waals surface area contributed by atoms with Gasteiger partial charge in [-0.2, -0.15) is 4.31 Å². The van der Waals surface area contributed by atoms with Crippen LogP contribution >= 0.6 is 11.3 Å². The number of anilines is 1. The number of aliphatic imine (C=N–C) groups is 1. The van der Waals surface area contributed by atoms with E-state index in [1.807, 2.05) is 12.1 Å². The molecule has 0 aliphatic carbocycles. The van der Waals surface area contributed by atoms with Crippen LogP contribution < -0.4 is 5.32 Å². The lowest BCUT2D eigenvalue weighted by atomic mass is 10.0. The predicted molar refractivity (Wildman–Crippen MR) is 150 cm³/mol. The molecule has 1 aliphatic heterocycles. The first-order valence-electron chi connectivity index (χ1n) is 12.4. The third kappa shape index (κ3) is 7.45. The summed E-state index contributed by atoms with van der Waals surface area (Å²) in [5.74, 6) is -0.700. The van der Waals surface area contributed by atoms with E-state index in [0.29, 0.717) is 45.3 Å². The molecule has 0 saturated carbocycles. The minimum atomic E-state index is -3.69. The zero-order valence-electron chi connectivity index (χ0n) is 21.9. The maximum atomic E-state index is 12.9. The lowest BCUT2D eigenvalue weighted by Gasteiger charge is -2.17. The van der Waals surface area contributed by atoms with E-state index in [4.69, 9.17) is 18.9 Å². The van der Waals surface area contributed by atoms with E-state index in [-0.39, 0.29) is 24.0 Å². The van der Waals surface area contributed by atoms with Crippen molar-refractivity contribution >= 4 is 55.1 Å². The van der Waals surface area contributed by atoms with Crippen molar-refractivity contribution in [3.8, 4) is 0 Å². The molecule has 4 rings (SSSR count). The van der Waals surface area contributed by atoms with Crippen LogP contribution in [-0.2, 0) is 33.8 Å². The molecule has 0 radical (unpaired) electrons. The number of methoxy groups -OCH3 is 1. The molecule has 0 saturated heterocycles. The highest BCUT2D eigenvalue weighted by atomic mass is 32.2. The van der Waals surface area contributed by atoms with E-state index < -0.39 is 15.9 Å². The van der Waals surface area contributed by atoms with Crippen LogP contribution in [0.2, 0.25) is 0 Å². The van der Waals surface area contributed by atoms with Crippen LogP contribution in [0.15, 0.2) is 51.8 Å². The Kier molecular flexibility index (Phi) is 10.5. The Balaban J connectivity index is 1.24. The minimum Gasteiger partial charge on any atom is -0.382 e. The van der Waals surface area contributed by atoms with Gasteiger partial charge in [-0.05, 0) is 36.4 Å². The average molecular weight is 577 g/mol. The van der Waals surface area contributed by atoms with Crippen molar-refractivity contribution in [3.05, 3.63) is 47.5 Å². The van der Waals surface area contributed by atoms with E-state index in [9.17, 15) is 13.2 Å². The number of thiazole rings is 1. The topological polar surface area (TPSA) is 129 Å². The van der Waals surface area contributed by atoms with Gasteiger partial charge in [0.15, 0.2) is 0 Å². The highest BCUT2D eigenvalue weighted by Crippen LogP contribution is 2.39. The zero-order chi connectivity index (χ0) is 27.7. The first-order chi connectivity index (χ1) is 18.9. The second kappa shape index (κ2) is 14.0. The molecule has 1 aromatic heterocycles. The summed E-state index contributed by atoms with van der Waals surface area (Å²) in [4.78, 5) is 21.5. The quantitative estimate of drug-likeness (QED) is 0.204. The van der Waals surface area contributed by atoms with Crippen molar-refractivity contribution in [2.24, 2.45) is 4.99 Å². The number of sulfonamides is 1. The van der Waals surface area contributed by atoms with Gasteiger partial charge >= 0.3 is 0 Å². The standard InChI is InChI=1S/C26H32N4O7S2/c1-30(9-10-35-13-14-37-16-15-36-12-11-34-2)39(32,33)20-5-3-19(4-6-20)27-17-21-24-22(29-26(21)31)7-8-23-25(24)38-18-28-23/h3-8,17-18,21H,9-16H2,1-2H3,(H,29,31). The van der Waals surface area contributed by atoms with Gasteiger partial charge in [0, 0.05) is 38.2 Å². The van der Waals surface area contributed by atoms with Crippen LogP contribution in [0, 0.1) is 0 Å². The molecule has 39 heavy (non-hydrogen) atoms. The largest absolute Gasteiger partial charge is 0.382 e. The summed E-state index contributed by atoms with van der Waals surface area (Å²) in [6, 6.07) is 9.97. The normalized spacial score (nSPS) is 15.5. The average Bonchev–Trinajstić information content (AvgIpc) is 3.54. The van der Waals surface area contributed by atoms with Gasteiger partial charge < -0.3 is 24.3 Å². The SMILES string of the molecule is COCCOCCOCCOCCN(C)S(=O)(=O)c1ccc(N=CC2C(=O)Nc3ccc4ncsc4c32)cc1. The fraction of sp³-hybridized carbons (Fsp3) is 0.423. The van der Waals surface area contributed by atoms with Crippen molar-refractivity contribution in [1.82, 2.24) is 9.29 Å². The molecule has 1 aliphatic rings. The molecule has 3 aromatic rings. The van der Waals surface area contributed by atoms with Gasteiger partial charge in [0.2, 0.25) is 15.9 Å². The Hall–Kier alpha value is -2.78. The number of carbonyl (C=O) groups excluding carboxylic acids is 1. The number of hydrogen-bond acceptors (Lipinski definition) is 10. The van der Waals surface area contributed by atoms with Crippen molar-refractivity contribution < 1.29 is 32.2 Å². The minimum absolute atomic E-state index is 0.149. The van der Waals surface area contributed by atoms with Crippen molar-refractivity contribution in [2.75, 3.05) is 72.3 Å². The smallest absolute Gasteiger partial charge is 0.242 e. The van der Waals surface area contributed by atoms with Gasteiger partial charge in [-0.15, -0.1) is 11.3 Å². The fourth-order valence-corrected chi connectivity index (χ4v) is 5.92. The number of fused-ring (bicyclic) bond motifs is 3. The molecule has 0 bridgehead atoms. The van der Waals surface area contributed by atoms with Crippen molar-refractivity contribution in [1.29, 1.82) is 0 Å². The molecular formula is C26H32N4O7S2. The van der Waals surface area contributed by atoms with Gasteiger partial charge in [-0.1, -0.05) is 0 Å². The summed E-state index contributed by atoms with van der Waals surface area (Å²) in [6.45, 7) is 3.20. The predicted octanol–water partition coefficient (Wildman–Crippen LogP) is 3.05. The Morgan fingerprint density at radius 1 is 1.00 bits per heavy atom. The molecule has 13 heteroatoms. The number of amides is 1. The highest BCUT2D eigenvalue weighted by molar-refractivity contribution is 7.89. The van der Waals surface area contributed by atoms with Crippen LogP contribution in [0.25, 0.3) is 10.2 Å². The Morgan fingerprint density at radius 3 is 2.36 bits per heavy atom. The molecule has 2 heterocycles. The number of nitrogens with zero attached hydrogens (tertiary/aromatic N) is 3. The molecule has 1 amide bonds. The number of hydrogen-bond donors (Lipinski definition) is 1. The van der Waals surface area contributed by atoms with Crippen molar-refractivity contribution in [3.63, 3.8) is 0 Å². The van der Waals surface area contributed by atoms with Crippen LogP contribution in [-0.4, -0.2) is 96.8 Å². The summed E-state index contributed by atoms with van der Waals surface area (Å²) in [5.41, 5.74) is 4.76. The summed E-state index contributed by atoms with van der Waals surface area (Å²) in [5, 5.41) is 2.89. The van der Waals surface area contributed by atoms with Gasteiger partial charge in [0.25, 0.3) is 0 Å². The molecule has 2 aromatic carbocycles. The third-order valence-corrected chi connectivity index (χ3v) is 8.78. The lowest BCUT2D eigenvalue weighted by molar-refractivity contribution is -0.115. The summed E-state index contributed by atoms with van der Waals surface area (Å²) < 4.78 is 49.1. The van der Waals surface area contributed by atoms with Gasteiger partial charge in [-0.25, -0.2) is 13.4 Å². The van der Waals surface area contributed by atoms with E-state index in [0.717, 1.165) is 21.5 Å². The zero-order valence-corrected chi connectivity index (χ0v) is 23.5. The van der Waals surface area contributed by atoms with E-state index >= 15 is 0 Å². The second-order valence-electron chi connectivity index (χ2n) is 8.62. The lowest BCUT2D eigenvalue weighted by Crippen LogP contribution is -2.30. The van der Waals surface area contributed by atoms with Crippen LogP contribution in [0.5, 0.6) is 0 Å². The highest BCUT2D eigenvalue weighted by Gasteiger charge is 2.31. The van der Waals surface area contributed by atoms with E-state index in [2.05, 4.69) is 15.3 Å². The first kappa shape index (κ1) is 29.2. The molecule has 1 atom stereocenters. The van der Waals surface area contributed by atoms with Gasteiger partial charge in [0.05, 0.1) is 72.6 Å². The number of carbonyl (C=O) groups is 1. The van der Waals surface area contributed by atoms with E-state index in [1.54, 1.807) is 31.0 Å². The molecular weight excluding hydrogens is 544 g/mol. The Bertz CT molecular complexity index is 1380. The molecule has 1 N–H and O–H groups in total. The summed E-state index contributed by atoms with van der Waals surface area (Å²) in [6.07, 6.45) is 1.59. The monoisotopic (exact) mass is 576 g/mol. The maximum absolute atomic E-state index is 12.9. The number of rotatable bonds is 16.